The lowest BCUT2D eigenvalue weighted by Crippen LogP contribution is -2.22. The second kappa shape index (κ2) is 6.23. The zero-order valence-electron chi connectivity index (χ0n) is 11.7. The summed E-state index contributed by atoms with van der Waals surface area (Å²) in [5.74, 6) is 0. The Morgan fingerprint density at radius 1 is 1.11 bits per heavy atom. The molecule has 19 heavy (non-hydrogen) atoms. The van der Waals surface area contributed by atoms with Crippen LogP contribution in [0.3, 0.4) is 0 Å². The lowest BCUT2D eigenvalue weighted by molar-refractivity contribution is 0.630. The maximum atomic E-state index is 6.47. The fourth-order valence-electron chi connectivity index (χ4n) is 2.35. The number of benzene rings is 2. The lowest BCUT2D eigenvalue weighted by atomic mass is 9.96. The minimum absolute atomic E-state index is 0.150. The predicted octanol–water partition coefficient (Wildman–Crippen LogP) is 4.66. The molecular formula is C17H20ClN. The van der Waals surface area contributed by atoms with Gasteiger partial charge in [0.2, 0.25) is 0 Å². The van der Waals surface area contributed by atoms with Crippen LogP contribution in [0.5, 0.6) is 0 Å². The van der Waals surface area contributed by atoms with Crippen molar-refractivity contribution in [2.24, 2.45) is 0 Å². The first kappa shape index (κ1) is 14.1. The molecule has 0 saturated heterocycles. The molecule has 1 nitrogen and oxygen atoms in total. The average Bonchev–Trinajstić information content (AvgIpc) is 2.40. The largest absolute Gasteiger partial charge is 0.306 e. The van der Waals surface area contributed by atoms with Crippen LogP contribution < -0.4 is 5.32 Å². The average molecular weight is 274 g/mol. The molecule has 0 fully saturated rings. The highest BCUT2D eigenvalue weighted by Gasteiger charge is 2.16. The van der Waals surface area contributed by atoms with Gasteiger partial charge in [-0.05, 0) is 37.1 Å². The molecule has 100 valence electrons. The van der Waals surface area contributed by atoms with E-state index in [-0.39, 0.29) is 6.04 Å². The summed E-state index contributed by atoms with van der Waals surface area (Å²) in [5.41, 5.74) is 4.79. The summed E-state index contributed by atoms with van der Waals surface area (Å²) in [6.07, 6.45) is 0. The van der Waals surface area contributed by atoms with Crippen LogP contribution in [0.2, 0.25) is 5.02 Å². The molecule has 0 aliphatic heterocycles. The van der Waals surface area contributed by atoms with Crippen LogP contribution in [0.4, 0.5) is 0 Å². The first-order chi connectivity index (χ1) is 9.13. The molecule has 0 spiro atoms. The van der Waals surface area contributed by atoms with E-state index in [1.54, 1.807) is 0 Å². The van der Waals surface area contributed by atoms with E-state index in [2.05, 4.69) is 55.6 Å². The van der Waals surface area contributed by atoms with E-state index in [0.29, 0.717) is 0 Å². The first-order valence-electron chi connectivity index (χ1n) is 6.68. The van der Waals surface area contributed by atoms with Gasteiger partial charge in [-0.1, -0.05) is 66.6 Å². The van der Waals surface area contributed by atoms with E-state index in [0.717, 1.165) is 22.7 Å². The van der Waals surface area contributed by atoms with Gasteiger partial charge < -0.3 is 5.32 Å². The molecule has 2 heteroatoms. The summed E-state index contributed by atoms with van der Waals surface area (Å²) in [6, 6.07) is 14.9. The van der Waals surface area contributed by atoms with Gasteiger partial charge in [0.05, 0.1) is 6.04 Å². The van der Waals surface area contributed by atoms with Crippen molar-refractivity contribution < 1.29 is 0 Å². The zero-order valence-corrected chi connectivity index (χ0v) is 12.5. The fourth-order valence-corrected chi connectivity index (χ4v) is 2.59. The van der Waals surface area contributed by atoms with Crippen molar-refractivity contribution in [2.45, 2.75) is 26.8 Å². The Kier molecular flexibility index (Phi) is 4.62. The van der Waals surface area contributed by atoms with Gasteiger partial charge in [-0.3, -0.25) is 0 Å². The van der Waals surface area contributed by atoms with Crippen molar-refractivity contribution in [3.05, 3.63) is 69.7 Å². The van der Waals surface area contributed by atoms with Gasteiger partial charge in [0.25, 0.3) is 0 Å². The Balaban J connectivity index is 2.48. The van der Waals surface area contributed by atoms with Crippen LogP contribution in [0, 0.1) is 13.8 Å². The number of rotatable bonds is 4. The third kappa shape index (κ3) is 3.17. The predicted molar refractivity (Wildman–Crippen MR) is 82.9 cm³/mol. The molecule has 1 N–H and O–H groups in total. The Bertz CT molecular complexity index is 563. The monoisotopic (exact) mass is 273 g/mol. The van der Waals surface area contributed by atoms with Crippen molar-refractivity contribution in [3.63, 3.8) is 0 Å². The van der Waals surface area contributed by atoms with Gasteiger partial charge in [-0.2, -0.15) is 0 Å². The van der Waals surface area contributed by atoms with E-state index in [1.807, 2.05) is 13.0 Å². The van der Waals surface area contributed by atoms with Crippen molar-refractivity contribution >= 4 is 11.6 Å². The van der Waals surface area contributed by atoms with Crippen LogP contribution in [0.25, 0.3) is 0 Å². The van der Waals surface area contributed by atoms with Crippen molar-refractivity contribution in [3.8, 4) is 0 Å². The molecule has 0 radical (unpaired) electrons. The van der Waals surface area contributed by atoms with Crippen LogP contribution in [0.1, 0.15) is 35.2 Å². The van der Waals surface area contributed by atoms with Crippen LogP contribution >= 0.6 is 11.6 Å². The van der Waals surface area contributed by atoms with Crippen LogP contribution in [-0.2, 0) is 0 Å². The smallest absolute Gasteiger partial charge is 0.0591 e. The third-order valence-electron chi connectivity index (χ3n) is 3.32. The van der Waals surface area contributed by atoms with Gasteiger partial charge in [0, 0.05) is 5.02 Å². The molecule has 0 saturated carbocycles. The highest BCUT2D eigenvalue weighted by molar-refractivity contribution is 6.32. The second-order valence-corrected chi connectivity index (χ2v) is 5.26. The molecule has 0 aliphatic carbocycles. The number of halogens is 1. The van der Waals surface area contributed by atoms with Gasteiger partial charge in [0.15, 0.2) is 0 Å². The van der Waals surface area contributed by atoms with Crippen LogP contribution in [0.15, 0.2) is 42.5 Å². The molecule has 0 aromatic heterocycles. The summed E-state index contributed by atoms with van der Waals surface area (Å²) < 4.78 is 0. The van der Waals surface area contributed by atoms with E-state index in [4.69, 9.17) is 11.6 Å². The lowest BCUT2D eigenvalue weighted by Gasteiger charge is -2.21. The summed E-state index contributed by atoms with van der Waals surface area (Å²) in [6.45, 7) is 7.19. The maximum absolute atomic E-state index is 6.47. The SMILES string of the molecule is CCNC(c1cccc(C)c1)c1cccc(C)c1Cl. The van der Waals surface area contributed by atoms with Gasteiger partial charge in [0.1, 0.15) is 0 Å². The van der Waals surface area contributed by atoms with Gasteiger partial charge >= 0.3 is 0 Å². The number of hydrogen-bond donors (Lipinski definition) is 1. The van der Waals surface area contributed by atoms with Crippen molar-refractivity contribution in [1.82, 2.24) is 5.32 Å². The van der Waals surface area contributed by atoms with Gasteiger partial charge in [-0.25, -0.2) is 0 Å². The quantitative estimate of drug-likeness (QED) is 0.855. The highest BCUT2D eigenvalue weighted by atomic mass is 35.5. The first-order valence-corrected chi connectivity index (χ1v) is 7.06. The Labute approximate surface area is 120 Å². The van der Waals surface area contributed by atoms with Gasteiger partial charge in [-0.15, -0.1) is 0 Å². The summed E-state index contributed by atoms with van der Waals surface area (Å²) in [7, 11) is 0. The molecule has 0 bridgehead atoms. The third-order valence-corrected chi connectivity index (χ3v) is 3.83. The maximum Gasteiger partial charge on any atom is 0.0591 e. The van der Waals surface area contributed by atoms with E-state index >= 15 is 0 Å². The fraction of sp³-hybridized carbons (Fsp3) is 0.294. The zero-order chi connectivity index (χ0) is 13.8. The van der Waals surface area contributed by atoms with E-state index in [9.17, 15) is 0 Å². The van der Waals surface area contributed by atoms with E-state index in [1.165, 1.54) is 11.1 Å². The normalized spacial score (nSPS) is 12.4. The molecule has 0 amide bonds. The Morgan fingerprint density at radius 2 is 1.84 bits per heavy atom. The second-order valence-electron chi connectivity index (χ2n) is 4.88. The summed E-state index contributed by atoms with van der Waals surface area (Å²) in [4.78, 5) is 0. The standard InChI is InChI=1S/C17H20ClN/c1-4-19-17(14-9-5-7-12(2)11-14)15-10-6-8-13(3)16(15)18/h5-11,17,19H,4H2,1-3H3. The number of aryl methyl sites for hydroxylation is 2. The highest BCUT2D eigenvalue weighted by Crippen LogP contribution is 2.30. The minimum Gasteiger partial charge on any atom is -0.306 e. The van der Waals surface area contributed by atoms with Crippen molar-refractivity contribution in [2.75, 3.05) is 6.54 Å². The van der Waals surface area contributed by atoms with Crippen LogP contribution in [-0.4, -0.2) is 6.54 Å². The molecule has 2 aromatic carbocycles. The molecular weight excluding hydrogens is 254 g/mol. The Morgan fingerprint density at radius 3 is 2.53 bits per heavy atom. The topological polar surface area (TPSA) is 12.0 Å². The molecule has 1 unspecified atom stereocenters. The van der Waals surface area contributed by atoms with E-state index < -0.39 is 0 Å². The molecule has 1 atom stereocenters. The summed E-state index contributed by atoms with van der Waals surface area (Å²) in [5, 5.41) is 4.38. The Hall–Kier alpha value is -1.31. The molecule has 2 rings (SSSR count). The molecule has 0 aliphatic rings. The minimum atomic E-state index is 0.150. The molecule has 0 heterocycles. The summed E-state index contributed by atoms with van der Waals surface area (Å²) >= 11 is 6.47. The number of nitrogens with one attached hydrogen (secondary N) is 1. The van der Waals surface area contributed by atoms with Crippen molar-refractivity contribution in [1.29, 1.82) is 0 Å². The number of hydrogen-bond acceptors (Lipinski definition) is 1. The molecule has 2 aromatic rings.